The van der Waals surface area contributed by atoms with Gasteiger partial charge in [0.15, 0.2) is 5.96 Å². The highest BCUT2D eigenvalue weighted by Crippen LogP contribution is 2.29. The largest absolute Gasteiger partial charge is 0.444 e. The molecule has 2 saturated heterocycles. The first-order chi connectivity index (χ1) is 9.83. The van der Waals surface area contributed by atoms with Gasteiger partial charge in [0, 0.05) is 44.2 Å². The van der Waals surface area contributed by atoms with E-state index < -0.39 is 5.60 Å². The second-order valence-electron chi connectivity index (χ2n) is 7.40. The third kappa shape index (κ3) is 2.94. The van der Waals surface area contributed by atoms with Crippen molar-refractivity contribution in [3.63, 3.8) is 0 Å². The molecule has 0 radical (unpaired) electrons. The Morgan fingerprint density at radius 2 is 2.14 bits per heavy atom. The zero-order valence-corrected chi connectivity index (χ0v) is 13.4. The Morgan fingerprint density at radius 1 is 1.38 bits per heavy atom. The van der Waals surface area contributed by atoms with Gasteiger partial charge in [-0.1, -0.05) is 0 Å². The maximum atomic E-state index is 12.2. The molecule has 1 amide bonds. The van der Waals surface area contributed by atoms with E-state index >= 15 is 0 Å². The summed E-state index contributed by atoms with van der Waals surface area (Å²) in [5.41, 5.74) is -0.430. The van der Waals surface area contributed by atoms with Crippen LogP contribution in [0.2, 0.25) is 0 Å². The van der Waals surface area contributed by atoms with E-state index in [-0.39, 0.29) is 6.09 Å². The second-order valence-corrected chi connectivity index (χ2v) is 7.40. The number of hydrogen-bond donors (Lipinski definition) is 1. The van der Waals surface area contributed by atoms with E-state index in [2.05, 4.69) is 22.1 Å². The van der Waals surface area contributed by atoms with E-state index in [0.29, 0.717) is 18.0 Å². The van der Waals surface area contributed by atoms with Crippen molar-refractivity contribution < 1.29 is 9.53 Å². The molecule has 118 valence electrons. The number of nitrogens with one attached hydrogen (secondary N) is 1. The molecule has 2 fully saturated rings. The van der Waals surface area contributed by atoms with Crippen molar-refractivity contribution in [2.45, 2.75) is 51.8 Å². The molecule has 3 atom stereocenters. The molecule has 3 rings (SSSR count). The Morgan fingerprint density at radius 3 is 2.86 bits per heavy atom. The lowest BCUT2D eigenvalue weighted by molar-refractivity contribution is 0.00815. The van der Waals surface area contributed by atoms with Crippen molar-refractivity contribution >= 4 is 12.1 Å². The number of carbonyl (C=O) groups is 1. The lowest BCUT2D eigenvalue weighted by Crippen LogP contribution is -2.57. The molecule has 0 spiro atoms. The molecule has 3 heterocycles. The van der Waals surface area contributed by atoms with Gasteiger partial charge in [0.2, 0.25) is 0 Å². The first kappa shape index (κ1) is 14.5. The number of rotatable bonds is 0. The average molecular weight is 294 g/mol. The molecule has 0 aromatic heterocycles. The fourth-order valence-electron chi connectivity index (χ4n) is 3.46. The van der Waals surface area contributed by atoms with E-state index in [0.717, 1.165) is 38.6 Å². The van der Waals surface area contributed by atoms with Crippen molar-refractivity contribution in [2.24, 2.45) is 10.9 Å². The van der Waals surface area contributed by atoms with E-state index in [9.17, 15) is 4.79 Å². The maximum Gasteiger partial charge on any atom is 0.410 e. The zero-order chi connectivity index (χ0) is 15.2. The van der Waals surface area contributed by atoms with Gasteiger partial charge in [0.25, 0.3) is 0 Å². The highest BCUT2D eigenvalue weighted by molar-refractivity contribution is 5.83. The molecule has 0 saturated carbocycles. The van der Waals surface area contributed by atoms with Crippen molar-refractivity contribution in [1.82, 2.24) is 15.1 Å². The molecule has 0 aromatic carbocycles. The Hall–Kier alpha value is -1.46. The van der Waals surface area contributed by atoms with Crippen molar-refractivity contribution in [3.8, 4) is 0 Å². The maximum absolute atomic E-state index is 12.2. The molecule has 1 N–H and O–H groups in total. The summed E-state index contributed by atoms with van der Waals surface area (Å²) in [7, 11) is 0. The Bertz CT molecular complexity index is 457. The number of piperidine rings is 1. The van der Waals surface area contributed by atoms with Crippen LogP contribution in [0.3, 0.4) is 0 Å². The van der Waals surface area contributed by atoms with Crippen LogP contribution in [0, 0.1) is 5.92 Å². The number of amides is 1. The molecular formula is C15H26N4O2. The average Bonchev–Trinajstić information content (AvgIpc) is 2.76. The Balaban J connectivity index is 1.64. The fourth-order valence-corrected chi connectivity index (χ4v) is 3.46. The molecule has 3 aliphatic rings. The van der Waals surface area contributed by atoms with E-state index in [1.54, 1.807) is 0 Å². The van der Waals surface area contributed by atoms with Gasteiger partial charge in [0.05, 0.1) is 0 Å². The van der Waals surface area contributed by atoms with Gasteiger partial charge in [-0.2, -0.15) is 0 Å². The minimum Gasteiger partial charge on any atom is -0.444 e. The van der Waals surface area contributed by atoms with Gasteiger partial charge in [-0.3, -0.25) is 4.99 Å². The summed E-state index contributed by atoms with van der Waals surface area (Å²) in [6.07, 6.45) is 0.806. The highest BCUT2D eigenvalue weighted by Gasteiger charge is 2.42. The Labute approximate surface area is 126 Å². The standard InChI is InChI=1S/C15H26N4O2/c1-10-8-19-12-5-6-18(14(20)21-15(2,3)4)9-11(12)7-16-13(19)17-10/h10-12H,5-9H2,1-4H3,(H,16,17). The van der Waals surface area contributed by atoms with Gasteiger partial charge in [-0.15, -0.1) is 0 Å². The third-order valence-electron chi connectivity index (χ3n) is 4.34. The number of ether oxygens (including phenoxy) is 1. The number of fused-ring (bicyclic) bond motifs is 3. The van der Waals surface area contributed by atoms with Gasteiger partial charge in [-0.25, -0.2) is 4.79 Å². The number of carbonyl (C=O) groups excluding carboxylic acids is 1. The normalized spacial score (nSPS) is 32.0. The van der Waals surface area contributed by atoms with Gasteiger partial charge >= 0.3 is 6.09 Å². The number of hydrogen-bond acceptors (Lipinski definition) is 5. The van der Waals surface area contributed by atoms with E-state index in [1.807, 2.05) is 25.7 Å². The predicted molar refractivity (Wildman–Crippen MR) is 81.3 cm³/mol. The SMILES string of the molecule is CC1CN2C(=NCC3CN(C(=O)OC(C)(C)C)CCC32)N1. The topological polar surface area (TPSA) is 57.2 Å². The summed E-state index contributed by atoms with van der Waals surface area (Å²) in [5, 5.41) is 3.42. The third-order valence-corrected chi connectivity index (χ3v) is 4.34. The number of nitrogens with zero attached hydrogens (tertiary/aromatic N) is 3. The van der Waals surface area contributed by atoms with Crippen LogP contribution in [0.15, 0.2) is 4.99 Å². The molecule has 6 nitrogen and oxygen atoms in total. The summed E-state index contributed by atoms with van der Waals surface area (Å²) >= 11 is 0. The van der Waals surface area contributed by atoms with Crippen molar-refractivity contribution in [1.29, 1.82) is 0 Å². The molecule has 21 heavy (non-hydrogen) atoms. The summed E-state index contributed by atoms with van der Waals surface area (Å²) in [4.78, 5) is 21.1. The lowest BCUT2D eigenvalue weighted by Gasteiger charge is -2.44. The van der Waals surface area contributed by atoms with E-state index in [4.69, 9.17) is 4.74 Å². The summed E-state index contributed by atoms with van der Waals surface area (Å²) in [6, 6.07) is 0.972. The van der Waals surface area contributed by atoms with Crippen LogP contribution in [0.5, 0.6) is 0 Å². The Kier molecular flexibility index (Phi) is 3.50. The van der Waals surface area contributed by atoms with Crippen LogP contribution in [0.4, 0.5) is 4.79 Å². The second kappa shape index (κ2) is 5.07. The minimum atomic E-state index is -0.430. The van der Waals surface area contributed by atoms with Crippen molar-refractivity contribution in [2.75, 3.05) is 26.2 Å². The monoisotopic (exact) mass is 294 g/mol. The van der Waals surface area contributed by atoms with Crippen LogP contribution >= 0.6 is 0 Å². The minimum absolute atomic E-state index is 0.191. The molecular weight excluding hydrogens is 268 g/mol. The van der Waals surface area contributed by atoms with Gasteiger partial charge in [0.1, 0.15) is 5.60 Å². The van der Waals surface area contributed by atoms with Crippen LogP contribution in [-0.4, -0.2) is 65.7 Å². The van der Waals surface area contributed by atoms with Gasteiger partial charge < -0.3 is 19.9 Å². The lowest BCUT2D eigenvalue weighted by atomic mass is 9.90. The quantitative estimate of drug-likeness (QED) is 0.731. The molecule has 6 heteroatoms. The van der Waals surface area contributed by atoms with Crippen LogP contribution in [-0.2, 0) is 4.74 Å². The molecule has 3 aliphatic heterocycles. The fraction of sp³-hybridized carbons (Fsp3) is 0.867. The van der Waals surface area contributed by atoms with E-state index in [1.165, 1.54) is 0 Å². The summed E-state index contributed by atoms with van der Waals surface area (Å²) in [5.74, 6) is 1.47. The molecule has 0 aromatic rings. The smallest absolute Gasteiger partial charge is 0.410 e. The van der Waals surface area contributed by atoms with Crippen molar-refractivity contribution in [3.05, 3.63) is 0 Å². The van der Waals surface area contributed by atoms with Gasteiger partial charge in [-0.05, 0) is 34.1 Å². The first-order valence-corrected chi connectivity index (χ1v) is 7.89. The van der Waals surface area contributed by atoms with Crippen LogP contribution in [0.25, 0.3) is 0 Å². The highest BCUT2D eigenvalue weighted by atomic mass is 16.6. The number of likely N-dealkylation sites (tertiary alicyclic amines) is 1. The predicted octanol–water partition coefficient (Wildman–Crippen LogP) is 1.28. The molecule has 0 aliphatic carbocycles. The molecule has 0 bridgehead atoms. The molecule has 3 unspecified atom stereocenters. The van der Waals surface area contributed by atoms with Crippen LogP contribution in [0.1, 0.15) is 34.1 Å². The van der Waals surface area contributed by atoms with Crippen LogP contribution < -0.4 is 5.32 Å². The zero-order valence-electron chi connectivity index (χ0n) is 13.4. The summed E-state index contributed by atoms with van der Waals surface area (Å²) in [6.45, 7) is 11.3. The number of aliphatic imine (C=N–C) groups is 1. The first-order valence-electron chi connectivity index (χ1n) is 7.89. The number of guanidine groups is 1. The summed E-state index contributed by atoms with van der Waals surface area (Å²) < 4.78 is 5.49.